The maximum Gasteiger partial charge on any atom is 0.242 e. The Balaban J connectivity index is 2.09. The van der Waals surface area contributed by atoms with E-state index in [1.54, 1.807) is 19.1 Å². The Labute approximate surface area is 147 Å². The number of amides is 1. The van der Waals surface area contributed by atoms with Gasteiger partial charge in [0.15, 0.2) is 0 Å². The predicted octanol–water partition coefficient (Wildman–Crippen LogP) is 3.08. The van der Waals surface area contributed by atoms with Gasteiger partial charge in [0.2, 0.25) is 15.9 Å². The molecule has 0 saturated carbocycles. The molecule has 0 bridgehead atoms. The molecule has 2 N–H and O–H groups in total. The van der Waals surface area contributed by atoms with E-state index in [0.717, 1.165) is 36.2 Å². The van der Waals surface area contributed by atoms with E-state index in [2.05, 4.69) is 10.0 Å². The highest BCUT2D eigenvalue weighted by molar-refractivity contribution is 7.89. The van der Waals surface area contributed by atoms with Crippen LogP contribution in [-0.2, 0) is 21.2 Å². The van der Waals surface area contributed by atoms with Gasteiger partial charge in [-0.05, 0) is 54.8 Å². The molecule has 1 atom stereocenters. The molecule has 0 aromatic heterocycles. The van der Waals surface area contributed by atoms with Gasteiger partial charge in [0.05, 0.1) is 4.90 Å². The SMILES string of the molecule is CCc1ccc(NC(=O)C(CC)NS(=O)(=O)c2ccc(F)cc2)cc1. The van der Waals surface area contributed by atoms with Crippen molar-refractivity contribution in [1.29, 1.82) is 0 Å². The fourth-order valence-electron chi connectivity index (χ4n) is 2.24. The summed E-state index contributed by atoms with van der Waals surface area (Å²) in [4.78, 5) is 12.3. The molecule has 1 unspecified atom stereocenters. The minimum absolute atomic E-state index is 0.0903. The van der Waals surface area contributed by atoms with Gasteiger partial charge in [-0.3, -0.25) is 4.79 Å². The molecule has 7 heteroatoms. The van der Waals surface area contributed by atoms with E-state index in [0.29, 0.717) is 5.69 Å². The van der Waals surface area contributed by atoms with Gasteiger partial charge in [-0.2, -0.15) is 4.72 Å². The van der Waals surface area contributed by atoms with Crippen LogP contribution in [0.1, 0.15) is 25.8 Å². The number of sulfonamides is 1. The van der Waals surface area contributed by atoms with Crippen molar-refractivity contribution in [2.45, 2.75) is 37.6 Å². The minimum Gasteiger partial charge on any atom is -0.325 e. The van der Waals surface area contributed by atoms with Crippen molar-refractivity contribution in [2.24, 2.45) is 0 Å². The van der Waals surface area contributed by atoms with E-state index < -0.39 is 27.8 Å². The van der Waals surface area contributed by atoms with Crippen molar-refractivity contribution in [3.05, 3.63) is 59.9 Å². The number of rotatable bonds is 7. The molecule has 0 aliphatic rings. The third kappa shape index (κ3) is 5.11. The van der Waals surface area contributed by atoms with E-state index in [1.807, 2.05) is 19.1 Å². The second kappa shape index (κ2) is 8.22. The molecular formula is C18H21FN2O3S. The molecule has 0 saturated heterocycles. The maximum absolute atomic E-state index is 12.9. The van der Waals surface area contributed by atoms with Crippen LogP contribution in [0.25, 0.3) is 0 Å². The van der Waals surface area contributed by atoms with Gasteiger partial charge in [0, 0.05) is 5.69 Å². The van der Waals surface area contributed by atoms with Crippen molar-refractivity contribution in [2.75, 3.05) is 5.32 Å². The van der Waals surface area contributed by atoms with E-state index in [4.69, 9.17) is 0 Å². The fraction of sp³-hybridized carbons (Fsp3) is 0.278. The second-order valence-electron chi connectivity index (χ2n) is 5.58. The van der Waals surface area contributed by atoms with Crippen molar-refractivity contribution in [1.82, 2.24) is 4.72 Å². The summed E-state index contributed by atoms with van der Waals surface area (Å²) in [6.07, 6.45) is 1.17. The molecule has 25 heavy (non-hydrogen) atoms. The van der Waals surface area contributed by atoms with Crippen molar-refractivity contribution in [3.8, 4) is 0 Å². The number of halogens is 1. The van der Waals surface area contributed by atoms with Crippen LogP contribution >= 0.6 is 0 Å². The van der Waals surface area contributed by atoms with Crippen LogP contribution in [0.15, 0.2) is 53.4 Å². The van der Waals surface area contributed by atoms with Crippen molar-refractivity contribution >= 4 is 21.6 Å². The first-order valence-electron chi connectivity index (χ1n) is 8.03. The van der Waals surface area contributed by atoms with Gasteiger partial charge >= 0.3 is 0 Å². The Morgan fingerprint density at radius 2 is 1.64 bits per heavy atom. The highest BCUT2D eigenvalue weighted by atomic mass is 32.2. The molecule has 2 aromatic carbocycles. The lowest BCUT2D eigenvalue weighted by Gasteiger charge is -2.17. The van der Waals surface area contributed by atoms with Gasteiger partial charge in [-0.25, -0.2) is 12.8 Å². The van der Waals surface area contributed by atoms with Crippen LogP contribution in [0.5, 0.6) is 0 Å². The van der Waals surface area contributed by atoms with E-state index >= 15 is 0 Å². The quantitative estimate of drug-likeness (QED) is 0.793. The average Bonchev–Trinajstić information content (AvgIpc) is 2.60. The molecule has 0 radical (unpaired) electrons. The molecule has 2 aromatic rings. The fourth-order valence-corrected chi connectivity index (χ4v) is 3.52. The standard InChI is InChI=1S/C18H21FN2O3S/c1-3-13-5-9-15(10-6-13)20-18(22)17(4-2)21-25(23,24)16-11-7-14(19)8-12-16/h5-12,17,21H,3-4H2,1-2H3,(H,20,22). The van der Waals surface area contributed by atoms with Gasteiger partial charge in [0.25, 0.3) is 0 Å². The van der Waals surface area contributed by atoms with Crippen molar-refractivity contribution in [3.63, 3.8) is 0 Å². The maximum atomic E-state index is 12.9. The Morgan fingerprint density at radius 1 is 1.04 bits per heavy atom. The summed E-state index contributed by atoms with van der Waals surface area (Å²) < 4.78 is 40.0. The van der Waals surface area contributed by atoms with Crippen LogP contribution in [-0.4, -0.2) is 20.4 Å². The average molecular weight is 364 g/mol. The lowest BCUT2D eigenvalue weighted by Crippen LogP contribution is -2.43. The van der Waals surface area contributed by atoms with E-state index in [9.17, 15) is 17.6 Å². The van der Waals surface area contributed by atoms with Crippen LogP contribution < -0.4 is 10.0 Å². The summed E-state index contributed by atoms with van der Waals surface area (Å²) in [6, 6.07) is 10.9. The first-order chi connectivity index (χ1) is 11.9. The largest absolute Gasteiger partial charge is 0.325 e. The van der Waals surface area contributed by atoms with Crippen LogP contribution in [0.2, 0.25) is 0 Å². The highest BCUT2D eigenvalue weighted by Gasteiger charge is 2.24. The monoisotopic (exact) mass is 364 g/mol. The first kappa shape index (κ1) is 19.1. The molecule has 0 spiro atoms. The van der Waals surface area contributed by atoms with Gasteiger partial charge in [0.1, 0.15) is 11.9 Å². The smallest absolute Gasteiger partial charge is 0.242 e. The topological polar surface area (TPSA) is 75.3 Å². The molecule has 2 rings (SSSR count). The minimum atomic E-state index is -3.91. The lowest BCUT2D eigenvalue weighted by atomic mass is 10.1. The summed E-state index contributed by atoms with van der Waals surface area (Å²) in [5, 5.41) is 2.70. The predicted molar refractivity (Wildman–Crippen MR) is 95.3 cm³/mol. The first-order valence-corrected chi connectivity index (χ1v) is 9.51. The molecule has 5 nitrogen and oxygen atoms in total. The zero-order valence-corrected chi connectivity index (χ0v) is 14.9. The number of hydrogen-bond acceptors (Lipinski definition) is 3. The summed E-state index contributed by atoms with van der Waals surface area (Å²) in [6.45, 7) is 3.74. The Bertz CT molecular complexity index is 818. The summed E-state index contributed by atoms with van der Waals surface area (Å²) in [5.74, 6) is -0.975. The number of carbonyl (C=O) groups is 1. The zero-order chi connectivity index (χ0) is 18.4. The lowest BCUT2D eigenvalue weighted by molar-refractivity contribution is -0.117. The van der Waals surface area contributed by atoms with Crippen LogP contribution in [0, 0.1) is 5.82 Å². The Morgan fingerprint density at radius 3 is 2.16 bits per heavy atom. The molecule has 1 amide bonds. The number of hydrogen-bond donors (Lipinski definition) is 2. The second-order valence-corrected chi connectivity index (χ2v) is 7.29. The number of nitrogens with one attached hydrogen (secondary N) is 2. The van der Waals surface area contributed by atoms with Gasteiger partial charge < -0.3 is 5.32 Å². The van der Waals surface area contributed by atoms with Crippen LogP contribution in [0.4, 0.5) is 10.1 Å². The third-order valence-corrected chi connectivity index (χ3v) is 5.26. The summed E-state index contributed by atoms with van der Waals surface area (Å²) in [7, 11) is -3.91. The molecule has 0 fully saturated rings. The third-order valence-electron chi connectivity index (χ3n) is 3.78. The number of benzene rings is 2. The summed E-state index contributed by atoms with van der Waals surface area (Å²) >= 11 is 0. The Kier molecular flexibility index (Phi) is 6.27. The zero-order valence-electron chi connectivity index (χ0n) is 14.1. The van der Waals surface area contributed by atoms with Gasteiger partial charge in [-0.15, -0.1) is 0 Å². The summed E-state index contributed by atoms with van der Waals surface area (Å²) in [5.41, 5.74) is 1.74. The molecule has 134 valence electrons. The number of carbonyl (C=O) groups excluding carboxylic acids is 1. The van der Waals surface area contributed by atoms with E-state index in [-0.39, 0.29) is 11.3 Å². The molecule has 0 heterocycles. The molecule has 0 aliphatic heterocycles. The molecule has 0 aliphatic carbocycles. The Hall–Kier alpha value is -2.25. The number of anilines is 1. The molecular weight excluding hydrogens is 343 g/mol. The van der Waals surface area contributed by atoms with Crippen molar-refractivity contribution < 1.29 is 17.6 Å². The van der Waals surface area contributed by atoms with E-state index in [1.165, 1.54) is 0 Å². The van der Waals surface area contributed by atoms with Gasteiger partial charge in [-0.1, -0.05) is 26.0 Å². The highest BCUT2D eigenvalue weighted by Crippen LogP contribution is 2.13. The normalized spacial score (nSPS) is 12.6. The van der Waals surface area contributed by atoms with Crippen LogP contribution in [0.3, 0.4) is 0 Å². The number of aryl methyl sites for hydroxylation is 1.